The SMILES string of the molecule is CCCc1cncn1Cc1ccc(-c2ccccc2O)c(=O)[nH]1. The molecular weight excluding hydrogens is 290 g/mol. The Hall–Kier alpha value is -2.82. The number of para-hydroxylation sites is 1. The second-order valence-corrected chi connectivity index (χ2v) is 5.51. The fraction of sp³-hybridized carbons (Fsp3) is 0.222. The maximum atomic E-state index is 12.3. The zero-order valence-corrected chi connectivity index (χ0v) is 13.0. The fourth-order valence-electron chi connectivity index (χ4n) is 2.66. The number of imidazole rings is 1. The third-order valence-corrected chi connectivity index (χ3v) is 3.81. The molecule has 0 spiro atoms. The first-order valence-electron chi connectivity index (χ1n) is 7.68. The summed E-state index contributed by atoms with van der Waals surface area (Å²) in [5.74, 6) is 0.102. The zero-order chi connectivity index (χ0) is 16.2. The molecule has 0 radical (unpaired) electrons. The van der Waals surface area contributed by atoms with Gasteiger partial charge in [-0.25, -0.2) is 4.98 Å². The van der Waals surface area contributed by atoms with Crippen molar-refractivity contribution < 1.29 is 5.11 Å². The van der Waals surface area contributed by atoms with E-state index in [1.54, 1.807) is 36.7 Å². The van der Waals surface area contributed by atoms with Crippen LogP contribution in [-0.2, 0) is 13.0 Å². The summed E-state index contributed by atoms with van der Waals surface area (Å²) in [6.07, 6.45) is 5.65. The molecule has 0 aliphatic heterocycles. The minimum atomic E-state index is -0.207. The van der Waals surface area contributed by atoms with E-state index in [0.29, 0.717) is 17.7 Å². The highest BCUT2D eigenvalue weighted by molar-refractivity contribution is 5.69. The highest BCUT2D eigenvalue weighted by Crippen LogP contribution is 2.25. The third-order valence-electron chi connectivity index (χ3n) is 3.81. The third kappa shape index (κ3) is 3.18. The van der Waals surface area contributed by atoms with Crippen LogP contribution in [0.5, 0.6) is 5.75 Å². The zero-order valence-electron chi connectivity index (χ0n) is 13.0. The Labute approximate surface area is 134 Å². The van der Waals surface area contributed by atoms with Crippen molar-refractivity contribution in [2.24, 2.45) is 0 Å². The molecule has 118 valence electrons. The number of aromatic nitrogens is 3. The second kappa shape index (κ2) is 6.52. The van der Waals surface area contributed by atoms with Gasteiger partial charge < -0.3 is 14.7 Å². The Morgan fingerprint density at radius 2 is 2.00 bits per heavy atom. The van der Waals surface area contributed by atoms with Crippen LogP contribution in [0.3, 0.4) is 0 Å². The average molecular weight is 309 g/mol. The van der Waals surface area contributed by atoms with E-state index in [2.05, 4.69) is 16.9 Å². The van der Waals surface area contributed by atoms with E-state index in [-0.39, 0.29) is 11.3 Å². The van der Waals surface area contributed by atoms with E-state index in [1.807, 2.05) is 16.8 Å². The molecule has 0 saturated carbocycles. The largest absolute Gasteiger partial charge is 0.507 e. The van der Waals surface area contributed by atoms with Crippen molar-refractivity contribution in [1.29, 1.82) is 0 Å². The number of rotatable bonds is 5. The van der Waals surface area contributed by atoms with Crippen LogP contribution in [0.25, 0.3) is 11.1 Å². The number of hydrogen-bond donors (Lipinski definition) is 2. The maximum absolute atomic E-state index is 12.3. The number of aromatic amines is 1. The van der Waals surface area contributed by atoms with E-state index in [4.69, 9.17) is 0 Å². The van der Waals surface area contributed by atoms with Crippen LogP contribution in [0.15, 0.2) is 53.7 Å². The Bertz CT molecular complexity index is 864. The molecule has 0 unspecified atom stereocenters. The summed E-state index contributed by atoms with van der Waals surface area (Å²) >= 11 is 0. The number of aromatic hydroxyl groups is 1. The molecule has 0 atom stereocenters. The molecule has 3 rings (SSSR count). The van der Waals surface area contributed by atoms with E-state index < -0.39 is 0 Å². The molecule has 0 aliphatic carbocycles. The van der Waals surface area contributed by atoms with Gasteiger partial charge in [0.2, 0.25) is 0 Å². The van der Waals surface area contributed by atoms with Crippen LogP contribution < -0.4 is 5.56 Å². The fourth-order valence-corrected chi connectivity index (χ4v) is 2.66. The lowest BCUT2D eigenvalue weighted by atomic mass is 10.1. The molecule has 5 heteroatoms. The lowest BCUT2D eigenvalue weighted by Crippen LogP contribution is -2.14. The van der Waals surface area contributed by atoms with Crippen LogP contribution in [0.4, 0.5) is 0 Å². The standard InChI is InChI=1S/C18H19N3O2/c1-2-5-14-10-19-12-21(14)11-13-8-9-16(18(23)20-13)15-6-3-4-7-17(15)22/h3-4,6-10,12,22H,2,5,11H2,1H3,(H,20,23). The van der Waals surface area contributed by atoms with Crippen molar-refractivity contribution >= 4 is 0 Å². The van der Waals surface area contributed by atoms with E-state index >= 15 is 0 Å². The molecule has 0 bridgehead atoms. The van der Waals surface area contributed by atoms with Crippen molar-refractivity contribution in [1.82, 2.24) is 14.5 Å². The average Bonchev–Trinajstić information content (AvgIpc) is 2.96. The molecule has 2 N–H and O–H groups in total. The smallest absolute Gasteiger partial charge is 0.256 e. The van der Waals surface area contributed by atoms with E-state index in [1.165, 1.54) is 0 Å². The van der Waals surface area contributed by atoms with Gasteiger partial charge in [-0.05, 0) is 24.6 Å². The van der Waals surface area contributed by atoms with Gasteiger partial charge in [0.15, 0.2) is 0 Å². The van der Waals surface area contributed by atoms with Gasteiger partial charge in [0.1, 0.15) is 5.75 Å². The van der Waals surface area contributed by atoms with Gasteiger partial charge in [-0.15, -0.1) is 0 Å². The quantitative estimate of drug-likeness (QED) is 0.761. The monoisotopic (exact) mass is 309 g/mol. The molecule has 5 nitrogen and oxygen atoms in total. The summed E-state index contributed by atoms with van der Waals surface area (Å²) in [6, 6.07) is 10.5. The molecule has 1 aromatic carbocycles. The van der Waals surface area contributed by atoms with Crippen LogP contribution in [0.2, 0.25) is 0 Å². The first-order valence-corrected chi connectivity index (χ1v) is 7.68. The van der Waals surface area contributed by atoms with Crippen molar-refractivity contribution in [3.8, 4) is 16.9 Å². The molecule has 2 heterocycles. The molecule has 3 aromatic rings. The highest BCUT2D eigenvalue weighted by atomic mass is 16.3. The topological polar surface area (TPSA) is 70.9 Å². The number of nitrogens with one attached hydrogen (secondary N) is 1. The summed E-state index contributed by atoms with van der Waals surface area (Å²) in [5.41, 5.74) is 2.75. The van der Waals surface area contributed by atoms with Gasteiger partial charge in [0.05, 0.1) is 18.4 Å². The number of phenols is 1. The summed E-state index contributed by atoms with van der Waals surface area (Å²) < 4.78 is 2.04. The highest BCUT2D eigenvalue weighted by Gasteiger charge is 2.09. The minimum absolute atomic E-state index is 0.102. The minimum Gasteiger partial charge on any atom is -0.507 e. The molecular formula is C18H19N3O2. The van der Waals surface area contributed by atoms with Crippen molar-refractivity contribution in [2.75, 3.05) is 0 Å². The van der Waals surface area contributed by atoms with Crippen LogP contribution in [-0.4, -0.2) is 19.6 Å². The molecule has 0 fully saturated rings. The van der Waals surface area contributed by atoms with Crippen molar-refractivity contribution in [3.63, 3.8) is 0 Å². The van der Waals surface area contributed by atoms with Gasteiger partial charge in [-0.1, -0.05) is 31.5 Å². The number of aryl methyl sites for hydroxylation is 1. The Morgan fingerprint density at radius 1 is 1.17 bits per heavy atom. The number of benzene rings is 1. The van der Waals surface area contributed by atoms with Crippen LogP contribution in [0, 0.1) is 0 Å². The summed E-state index contributed by atoms with van der Waals surface area (Å²) in [4.78, 5) is 19.4. The predicted molar refractivity (Wildman–Crippen MR) is 89.5 cm³/mol. The lowest BCUT2D eigenvalue weighted by molar-refractivity contribution is 0.477. The summed E-state index contributed by atoms with van der Waals surface area (Å²) in [7, 11) is 0. The number of H-pyrrole nitrogens is 1. The number of nitrogens with zero attached hydrogens (tertiary/aromatic N) is 2. The summed E-state index contributed by atoms with van der Waals surface area (Å²) in [6.45, 7) is 2.70. The first kappa shape index (κ1) is 15.1. The van der Waals surface area contributed by atoms with E-state index in [9.17, 15) is 9.90 Å². The predicted octanol–water partition coefficient (Wildman–Crippen LogP) is 2.94. The lowest BCUT2D eigenvalue weighted by Gasteiger charge is -2.09. The normalized spacial score (nSPS) is 10.8. The Morgan fingerprint density at radius 3 is 2.74 bits per heavy atom. The van der Waals surface area contributed by atoms with Crippen molar-refractivity contribution in [3.05, 3.63) is 70.7 Å². The second-order valence-electron chi connectivity index (χ2n) is 5.51. The van der Waals surface area contributed by atoms with Gasteiger partial charge in [-0.2, -0.15) is 0 Å². The van der Waals surface area contributed by atoms with Crippen LogP contribution >= 0.6 is 0 Å². The molecule has 2 aromatic heterocycles. The Kier molecular flexibility index (Phi) is 4.28. The molecule has 0 aliphatic rings. The molecule has 0 saturated heterocycles. The van der Waals surface area contributed by atoms with Gasteiger partial charge in [-0.3, -0.25) is 4.79 Å². The van der Waals surface area contributed by atoms with Crippen molar-refractivity contribution in [2.45, 2.75) is 26.3 Å². The summed E-state index contributed by atoms with van der Waals surface area (Å²) in [5, 5.41) is 9.90. The van der Waals surface area contributed by atoms with Crippen LogP contribution in [0.1, 0.15) is 24.7 Å². The molecule has 0 amide bonds. The Balaban J connectivity index is 1.89. The number of pyridine rings is 1. The van der Waals surface area contributed by atoms with Gasteiger partial charge in [0, 0.05) is 23.1 Å². The van der Waals surface area contributed by atoms with E-state index in [0.717, 1.165) is 24.2 Å². The number of hydrogen-bond acceptors (Lipinski definition) is 3. The van der Waals surface area contributed by atoms with Gasteiger partial charge in [0.25, 0.3) is 5.56 Å². The number of phenolic OH excluding ortho intramolecular Hbond substituents is 1. The maximum Gasteiger partial charge on any atom is 0.256 e. The van der Waals surface area contributed by atoms with Gasteiger partial charge >= 0.3 is 0 Å². The first-order chi connectivity index (χ1) is 11.2. The molecule has 23 heavy (non-hydrogen) atoms.